The van der Waals surface area contributed by atoms with Crippen LogP contribution < -0.4 is 48.7 Å². The molecule has 0 saturated heterocycles. The number of methoxy groups -OCH3 is 3. The minimum atomic E-state index is -1.78. The molecule has 100 heavy (non-hydrogen) atoms. The lowest BCUT2D eigenvalue weighted by atomic mass is 9.64. The second-order valence-electron chi connectivity index (χ2n) is 23.6. The molecular weight excluding hydrogens is 1340 g/mol. The number of carboxylic acids is 2. The quantitative estimate of drug-likeness (QED) is 0.0100. The maximum absolute atomic E-state index is 14.0. The van der Waals surface area contributed by atoms with Gasteiger partial charge in [-0.1, -0.05) is 46.4 Å². The summed E-state index contributed by atoms with van der Waals surface area (Å²) in [6.45, 7) is 12.2. The Morgan fingerprint density at radius 2 is 1.32 bits per heavy atom. The molecule has 1 unspecified atom stereocenters. The van der Waals surface area contributed by atoms with Gasteiger partial charge in [0, 0.05) is 72.0 Å². The maximum Gasteiger partial charge on any atom is 0.334 e. The fraction of sp³-hybridized carbons (Fsp3) is 0.439. The number of carbonyl (C=O) groups is 11. The SMILES string of the molecule is C=Cc1c(C)c2cc3nc(cc4[nH]c(cc5nc(cc1[nH]2)C(C)=C5CCC(=O)OCCSSCC(NC(C)=O)C(=O)N[C@@H](CCCNC(=N)N)C(=O)NCC(=O)N[C@@H](CC(=O)O)C(=O)N[C@@H](CCCNC(=N)N)C(=O)O)c(CCC(=O)OC)c4C)[C@@]1(C)C3=CC=C(C(=O)OC)[C@H]1C(=O)OC. The Bertz CT molecular complexity index is 4010. The third kappa shape index (κ3) is 20.5. The van der Waals surface area contributed by atoms with Crippen molar-refractivity contribution in [1.29, 1.82) is 10.8 Å². The molecule has 1 aliphatic carbocycles. The number of guanidine groups is 2. The third-order valence-electron chi connectivity index (χ3n) is 16.8. The number of carbonyl (C=O) groups excluding carboxylic acids is 9. The third-order valence-corrected chi connectivity index (χ3v) is 19.2. The summed E-state index contributed by atoms with van der Waals surface area (Å²) in [5.41, 5.74) is 19.3. The Kier molecular flexibility index (Phi) is 28.5. The number of esters is 4. The van der Waals surface area contributed by atoms with Crippen LogP contribution in [0.15, 0.2) is 48.6 Å². The monoisotopic (exact) mass is 1420 g/mol. The molecule has 0 aromatic carbocycles. The Morgan fingerprint density at radius 3 is 1.94 bits per heavy atom. The fourth-order valence-corrected chi connectivity index (χ4v) is 13.6. The van der Waals surface area contributed by atoms with Crippen molar-refractivity contribution in [3.8, 4) is 0 Å². The smallest absolute Gasteiger partial charge is 0.334 e. The zero-order chi connectivity index (χ0) is 73.7. The van der Waals surface area contributed by atoms with Crippen molar-refractivity contribution in [3.05, 3.63) is 93.6 Å². The van der Waals surface area contributed by atoms with E-state index in [-0.39, 0.29) is 100 Å². The van der Waals surface area contributed by atoms with E-state index in [0.717, 1.165) is 44.2 Å². The number of H-pyrrole nitrogens is 2. The Hall–Kier alpha value is -10.5. The first kappa shape index (κ1) is 78.5. The number of carboxylic acid groups (broad SMARTS) is 2. The Labute approximate surface area is 583 Å². The largest absolute Gasteiger partial charge is 0.481 e. The molecule has 0 saturated carbocycles. The zero-order valence-corrected chi connectivity index (χ0v) is 58.3. The molecule has 3 aromatic rings. The van der Waals surface area contributed by atoms with Gasteiger partial charge >= 0.3 is 35.8 Å². The average Bonchev–Trinajstić information content (AvgIpc) is 1.52. The highest BCUT2D eigenvalue weighted by Crippen LogP contribution is 2.52. The number of nitrogens with two attached hydrogens (primary N) is 2. The van der Waals surface area contributed by atoms with Gasteiger partial charge in [0.2, 0.25) is 29.5 Å². The predicted octanol–water partition coefficient (Wildman–Crippen LogP) is 2.72. The summed E-state index contributed by atoms with van der Waals surface area (Å²) < 4.78 is 21.3. The number of rotatable bonds is 35. The van der Waals surface area contributed by atoms with Gasteiger partial charge < -0.3 is 87.8 Å². The van der Waals surface area contributed by atoms with Crippen LogP contribution in [0.1, 0.15) is 117 Å². The molecule has 3 aromatic heterocycles. The lowest BCUT2D eigenvalue weighted by molar-refractivity contribution is -0.149. The number of amides is 5. The van der Waals surface area contributed by atoms with E-state index in [9.17, 15) is 63.0 Å². The van der Waals surface area contributed by atoms with E-state index in [1.807, 2.05) is 52.0 Å². The molecule has 0 fully saturated rings. The first-order valence-electron chi connectivity index (χ1n) is 31.6. The number of nitrogens with one attached hydrogen (secondary N) is 11. The lowest BCUT2D eigenvalue weighted by Crippen LogP contribution is -2.56. The molecule has 0 spiro atoms. The molecular formula is C66H85N15O17S2. The molecule has 32 nitrogen and oxygen atoms in total. The van der Waals surface area contributed by atoms with Crippen molar-refractivity contribution in [3.63, 3.8) is 0 Å². The fourth-order valence-electron chi connectivity index (χ4n) is 11.6. The highest BCUT2D eigenvalue weighted by atomic mass is 33.1. The number of fused-ring (bicyclic) bond motifs is 11. The molecule has 0 radical (unpaired) electrons. The van der Waals surface area contributed by atoms with Crippen molar-refractivity contribution < 1.29 is 81.9 Å². The van der Waals surface area contributed by atoms with Gasteiger partial charge in [0.1, 0.15) is 36.7 Å². The number of nitrogens with zero attached hydrogens (tertiary/aromatic N) is 2. The molecule has 3 aliphatic rings. The van der Waals surface area contributed by atoms with E-state index in [1.165, 1.54) is 39.0 Å². The Balaban J connectivity index is 1.17. The average molecular weight is 1420 g/mol. The minimum Gasteiger partial charge on any atom is -0.481 e. The van der Waals surface area contributed by atoms with Crippen molar-refractivity contribution in [2.75, 3.05) is 59.1 Å². The van der Waals surface area contributed by atoms with Crippen LogP contribution in [-0.4, -0.2) is 191 Å². The van der Waals surface area contributed by atoms with Crippen LogP contribution in [0.25, 0.3) is 44.9 Å². The van der Waals surface area contributed by atoms with Gasteiger partial charge in [-0.3, -0.25) is 59.0 Å². The van der Waals surface area contributed by atoms with E-state index < -0.39 is 114 Å². The summed E-state index contributed by atoms with van der Waals surface area (Å²) in [5.74, 6) is -11.5. The van der Waals surface area contributed by atoms with E-state index >= 15 is 0 Å². The summed E-state index contributed by atoms with van der Waals surface area (Å²) in [4.78, 5) is 161. The summed E-state index contributed by atoms with van der Waals surface area (Å²) in [6.07, 6.45) is 4.50. The van der Waals surface area contributed by atoms with E-state index in [1.54, 1.807) is 18.2 Å². The molecule has 538 valence electrons. The van der Waals surface area contributed by atoms with E-state index in [4.69, 9.17) is 51.2 Å². The molecule has 34 heteroatoms. The number of hydrogen-bond acceptors (Lipinski definition) is 21. The second-order valence-corrected chi connectivity index (χ2v) is 26.2. The van der Waals surface area contributed by atoms with Gasteiger partial charge in [-0.05, 0) is 124 Å². The van der Waals surface area contributed by atoms with Gasteiger partial charge in [0.15, 0.2) is 11.9 Å². The van der Waals surface area contributed by atoms with Crippen LogP contribution in [0.5, 0.6) is 0 Å². The van der Waals surface area contributed by atoms with Crippen LogP contribution in [0, 0.1) is 30.6 Å². The van der Waals surface area contributed by atoms with Crippen molar-refractivity contribution >= 4 is 144 Å². The van der Waals surface area contributed by atoms with Crippen LogP contribution in [-0.2, 0) is 83.5 Å². The number of aromatic amines is 2. The van der Waals surface area contributed by atoms with Crippen LogP contribution in [0.2, 0.25) is 0 Å². The first-order chi connectivity index (χ1) is 47.4. The highest BCUT2D eigenvalue weighted by molar-refractivity contribution is 8.76. The van der Waals surface area contributed by atoms with Crippen molar-refractivity contribution in [2.45, 2.75) is 122 Å². The van der Waals surface area contributed by atoms with Crippen LogP contribution in [0.4, 0.5) is 0 Å². The molecule has 5 amide bonds. The van der Waals surface area contributed by atoms with Gasteiger partial charge in [-0.2, -0.15) is 0 Å². The predicted molar refractivity (Wildman–Crippen MR) is 374 cm³/mol. The number of aliphatic carboxylic acids is 2. The number of allylic oxidation sites excluding steroid dienone is 5. The second kappa shape index (κ2) is 36.4. The zero-order valence-electron chi connectivity index (χ0n) is 56.6. The normalized spacial score (nSPS) is 15.7. The Morgan fingerprint density at radius 1 is 0.700 bits per heavy atom. The lowest BCUT2D eigenvalue weighted by Gasteiger charge is -2.36. The molecule has 17 N–H and O–H groups in total. The van der Waals surface area contributed by atoms with E-state index in [0.29, 0.717) is 50.4 Å². The number of aromatic nitrogens is 4. The maximum atomic E-state index is 14.0. The van der Waals surface area contributed by atoms with Gasteiger partial charge in [-0.25, -0.2) is 14.6 Å². The summed E-state index contributed by atoms with van der Waals surface area (Å²) in [7, 11) is 6.17. The number of aryl methyl sites for hydroxylation is 3. The van der Waals surface area contributed by atoms with Crippen molar-refractivity contribution in [2.24, 2.45) is 17.4 Å². The van der Waals surface area contributed by atoms with Gasteiger partial charge in [0.05, 0.1) is 68.1 Å². The highest BCUT2D eigenvalue weighted by Gasteiger charge is 2.54. The first-order valence-corrected chi connectivity index (χ1v) is 34.1. The van der Waals surface area contributed by atoms with Crippen molar-refractivity contribution in [1.82, 2.24) is 57.2 Å². The topological polar surface area (TPSA) is 506 Å². The van der Waals surface area contributed by atoms with Crippen LogP contribution in [0.3, 0.4) is 0 Å². The molecule has 2 aliphatic heterocycles. The summed E-state index contributed by atoms with van der Waals surface area (Å²) in [5, 5.41) is 50.8. The van der Waals surface area contributed by atoms with Gasteiger partial charge in [-0.15, -0.1) is 0 Å². The standard InChI is InChI=1S/C66H85N15O17S2/c1-10-36-32(2)44-26-49-40-18-15-39(62(93)96-8)57(63(94)97-9)66(40,6)52(78-49)28-45-34(4)37(16-19-55(86)95-7)48(77-45)27-47-38(33(3)43(76-47)25-46(36)75-44)17-20-56(87)98-23-24-99-100-31-51(74-35(5)82)60(90)80-41(13-11-21-71-64(67)68)58(88)73-30-53(83)79-50(29-54(84)85)59(89)81-42(61(91)92)14-12-22-72-65(69)70/h10,15,18,25-28,41-42,50-51,57,75,77H,1,11-14,16-17,19-24,29-31H2,2-9H3,(H,73,88)(H,74,82)(H,79,83)(H,80,90)(H,81,89)(H,84,85)(H,91,92)(H4,67,68,71)(H4,69,70,72)/t41-,42-,50-,51?,57-,66+/m0/s1. The van der Waals surface area contributed by atoms with E-state index in [2.05, 4.69) is 53.8 Å². The molecule has 6 atom stereocenters. The van der Waals surface area contributed by atoms with Gasteiger partial charge in [0.25, 0.3) is 0 Å². The summed E-state index contributed by atoms with van der Waals surface area (Å²) in [6, 6.07) is 1.57. The van der Waals surface area contributed by atoms with Crippen LogP contribution >= 0.6 is 21.6 Å². The summed E-state index contributed by atoms with van der Waals surface area (Å²) >= 11 is 0. The molecule has 8 bridgehead atoms. The number of ether oxygens (including phenoxy) is 4. The number of hydrogen-bond donors (Lipinski definition) is 15. The molecule has 5 heterocycles. The molecule has 6 rings (SSSR count). The minimum absolute atomic E-state index is 0.0230.